The first-order chi connectivity index (χ1) is 7.40. The highest BCUT2D eigenvalue weighted by atomic mass is 16.3. The summed E-state index contributed by atoms with van der Waals surface area (Å²) in [6.45, 7) is 0. The fourth-order valence-corrected chi connectivity index (χ4v) is 1.88. The van der Waals surface area contributed by atoms with Crippen molar-refractivity contribution in [2.24, 2.45) is 0 Å². The van der Waals surface area contributed by atoms with Crippen molar-refractivity contribution in [1.82, 2.24) is 0 Å². The topological polar surface area (TPSA) is 50.1 Å². The zero-order chi connectivity index (χ0) is 10.3. The second-order valence-electron chi connectivity index (χ2n) is 3.36. The van der Waals surface area contributed by atoms with Crippen LogP contribution in [0.1, 0.15) is 5.56 Å². The zero-order valence-corrected chi connectivity index (χ0v) is 7.86. The van der Waals surface area contributed by atoms with Crippen molar-refractivity contribution in [2.45, 2.75) is 6.42 Å². The maximum absolute atomic E-state index is 8.79. The van der Waals surface area contributed by atoms with Crippen molar-refractivity contribution in [2.75, 3.05) is 0 Å². The van der Waals surface area contributed by atoms with E-state index in [-0.39, 0.29) is 0 Å². The van der Waals surface area contributed by atoms with Gasteiger partial charge in [0.15, 0.2) is 0 Å². The number of hydrogen-bond acceptors (Lipinski definition) is 3. The van der Waals surface area contributed by atoms with Crippen LogP contribution in [0.5, 0.6) is 0 Å². The zero-order valence-electron chi connectivity index (χ0n) is 7.86. The van der Waals surface area contributed by atoms with Gasteiger partial charge in [-0.3, -0.25) is 0 Å². The predicted octanol–water partition coefficient (Wildman–Crippen LogP) is 3.25. The molecule has 0 fully saturated rings. The van der Waals surface area contributed by atoms with Crippen LogP contribution in [-0.4, -0.2) is 0 Å². The predicted molar refractivity (Wildman–Crippen MR) is 55.3 cm³/mol. The number of nitrogens with zero attached hydrogens (tertiary/aromatic N) is 1. The van der Waals surface area contributed by atoms with E-state index in [2.05, 4.69) is 6.07 Å². The minimum absolute atomic E-state index is 0.334. The molecular weight excluding hydrogens is 190 g/mol. The number of hydrogen-bond donors (Lipinski definition) is 0. The summed E-state index contributed by atoms with van der Waals surface area (Å²) in [5.41, 5.74) is 2.49. The molecule has 0 bridgehead atoms. The molecule has 3 nitrogen and oxygen atoms in total. The average molecular weight is 197 g/mol. The minimum Gasteiger partial charge on any atom is -0.464 e. The van der Waals surface area contributed by atoms with Crippen molar-refractivity contribution in [3.05, 3.63) is 36.3 Å². The van der Waals surface area contributed by atoms with E-state index in [4.69, 9.17) is 14.1 Å². The largest absolute Gasteiger partial charge is 0.464 e. The monoisotopic (exact) mass is 197 g/mol. The van der Waals surface area contributed by atoms with Crippen LogP contribution in [0.15, 0.2) is 39.6 Å². The highest BCUT2D eigenvalue weighted by Crippen LogP contribution is 2.30. The molecule has 0 atom stereocenters. The number of furan rings is 2. The van der Waals surface area contributed by atoms with Crippen LogP contribution in [0, 0.1) is 11.3 Å². The standard InChI is InChI=1S/C12H7NO2/c13-4-1-10-9-3-6-14-11(9)7-8-2-5-15-12(8)10/h2-3,5-7H,1H2. The Hall–Kier alpha value is -2.21. The Balaban J connectivity index is 2.52. The van der Waals surface area contributed by atoms with Crippen molar-refractivity contribution in [1.29, 1.82) is 5.26 Å². The van der Waals surface area contributed by atoms with E-state index in [9.17, 15) is 0 Å². The summed E-state index contributed by atoms with van der Waals surface area (Å²) >= 11 is 0. The Morgan fingerprint density at radius 3 is 2.93 bits per heavy atom. The summed E-state index contributed by atoms with van der Waals surface area (Å²) in [5.74, 6) is 0. The summed E-state index contributed by atoms with van der Waals surface area (Å²) in [5, 5.41) is 10.7. The number of benzene rings is 1. The molecule has 0 unspecified atom stereocenters. The Morgan fingerprint density at radius 1 is 1.20 bits per heavy atom. The third-order valence-corrected chi connectivity index (χ3v) is 2.53. The molecule has 3 rings (SSSR count). The summed E-state index contributed by atoms with van der Waals surface area (Å²) in [4.78, 5) is 0. The minimum atomic E-state index is 0.334. The summed E-state index contributed by atoms with van der Waals surface area (Å²) < 4.78 is 10.7. The number of nitriles is 1. The molecule has 3 aromatic rings. The molecule has 0 saturated heterocycles. The van der Waals surface area contributed by atoms with Gasteiger partial charge in [0.05, 0.1) is 25.0 Å². The quantitative estimate of drug-likeness (QED) is 0.601. The lowest BCUT2D eigenvalue weighted by Gasteiger charge is -1.98. The van der Waals surface area contributed by atoms with E-state index >= 15 is 0 Å². The van der Waals surface area contributed by atoms with Crippen LogP contribution in [0.2, 0.25) is 0 Å². The van der Waals surface area contributed by atoms with Gasteiger partial charge in [0.2, 0.25) is 0 Å². The second kappa shape index (κ2) is 2.89. The van der Waals surface area contributed by atoms with Crippen molar-refractivity contribution in [3.8, 4) is 6.07 Å². The molecule has 0 aliphatic carbocycles. The molecule has 0 N–H and O–H groups in total. The highest BCUT2D eigenvalue weighted by Gasteiger charge is 2.11. The van der Waals surface area contributed by atoms with Crippen LogP contribution in [0.4, 0.5) is 0 Å². The van der Waals surface area contributed by atoms with Gasteiger partial charge in [-0.05, 0) is 18.2 Å². The number of rotatable bonds is 1. The second-order valence-corrected chi connectivity index (χ2v) is 3.36. The van der Waals surface area contributed by atoms with Gasteiger partial charge in [-0.2, -0.15) is 5.26 Å². The molecule has 15 heavy (non-hydrogen) atoms. The SMILES string of the molecule is N#CCc1c2ccoc2cc2ccoc12. The molecule has 0 spiro atoms. The van der Waals surface area contributed by atoms with Crippen LogP contribution in [0.3, 0.4) is 0 Å². The smallest absolute Gasteiger partial charge is 0.138 e. The van der Waals surface area contributed by atoms with Crippen molar-refractivity contribution in [3.63, 3.8) is 0 Å². The van der Waals surface area contributed by atoms with Gasteiger partial charge in [-0.15, -0.1) is 0 Å². The first-order valence-corrected chi connectivity index (χ1v) is 4.63. The van der Waals surface area contributed by atoms with Crippen LogP contribution >= 0.6 is 0 Å². The molecule has 1 aromatic carbocycles. The Bertz CT molecular complexity index is 621. The molecule has 3 heteroatoms. The third kappa shape index (κ3) is 1.05. The van der Waals surface area contributed by atoms with Gasteiger partial charge in [0, 0.05) is 16.3 Å². The van der Waals surface area contributed by atoms with E-state index in [0.29, 0.717) is 6.42 Å². The highest BCUT2D eigenvalue weighted by molar-refractivity contribution is 5.97. The first-order valence-electron chi connectivity index (χ1n) is 4.63. The third-order valence-electron chi connectivity index (χ3n) is 2.53. The van der Waals surface area contributed by atoms with Gasteiger partial charge in [0.1, 0.15) is 11.2 Å². The van der Waals surface area contributed by atoms with Crippen LogP contribution in [-0.2, 0) is 6.42 Å². The van der Waals surface area contributed by atoms with Gasteiger partial charge >= 0.3 is 0 Å². The summed E-state index contributed by atoms with van der Waals surface area (Å²) in [6, 6.07) is 7.81. The van der Waals surface area contributed by atoms with Gasteiger partial charge in [-0.1, -0.05) is 0 Å². The molecule has 2 aromatic heterocycles. The Labute approximate surface area is 85.5 Å². The normalized spacial score (nSPS) is 10.9. The maximum atomic E-state index is 8.79. The number of fused-ring (bicyclic) bond motifs is 2. The van der Waals surface area contributed by atoms with E-state index in [1.54, 1.807) is 12.5 Å². The van der Waals surface area contributed by atoms with Crippen LogP contribution in [0.25, 0.3) is 21.9 Å². The van der Waals surface area contributed by atoms with Crippen molar-refractivity contribution >= 4 is 21.9 Å². The molecule has 72 valence electrons. The first kappa shape index (κ1) is 8.13. The fraction of sp³-hybridized carbons (Fsp3) is 0.0833. The molecule has 0 aliphatic rings. The van der Waals surface area contributed by atoms with Crippen LogP contribution < -0.4 is 0 Å². The molecule has 2 heterocycles. The Morgan fingerprint density at radius 2 is 2.07 bits per heavy atom. The van der Waals surface area contributed by atoms with Gasteiger partial charge in [0.25, 0.3) is 0 Å². The van der Waals surface area contributed by atoms with Gasteiger partial charge in [-0.25, -0.2) is 0 Å². The lowest BCUT2D eigenvalue weighted by Crippen LogP contribution is -1.83. The van der Waals surface area contributed by atoms with E-state index < -0.39 is 0 Å². The maximum Gasteiger partial charge on any atom is 0.138 e. The molecule has 0 saturated carbocycles. The van der Waals surface area contributed by atoms with E-state index in [1.165, 1.54) is 0 Å². The molecular formula is C12H7NO2. The van der Waals surface area contributed by atoms with Gasteiger partial charge < -0.3 is 8.83 Å². The van der Waals surface area contributed by atoms with E-state index in [0.717, 1.165) is 27.5 Å². The lowest BCUT2D eigenvalue weighted by molar-refractivity contribution is 0.610. The molecule has 0 aliphatic heterocycles. The fourth-order valence-electron chi connectivity index (χ4n) is 1.88. The van der Waals surface area contributed by atoms with E-state index in [1.807, 2.05) is 18.2 Å². The summed E-state index contributed by atoms with van der Waals surface area (Å²) in [7, 11) is 0. The average Bonchev–Trinajstić information content (AvgIpc) is 2.84. The summed E-state index contributed by atoms with van der Waals surface area (Å²) in [6.07, 6.45) is 3.59. The Kier molecular flexibility index (Phi) is 1.57. The lowest BCUT2D eigenvalue weighted by atomic mass is 10.1. The molecule has 0 radical (unpaired) electrons. The van der Waals surface area contributed by atoms with Crippen molar-refractivity contribution < 1.29 is 8.83 Å². The molecule has 0 amide bonds.